The van der Waals surface area contributed by atoms with Gasteiger partial charge in [0.2, 0.25) is 0 Å². The van der Waals surface area contributed by atoms with Crippen LogP contribution in [0.2, 0.25) is 0 Å². The number of Topliss-reactive ketones (excluding diaryl/α,β-unsaturated/α-hetero) is 1. The van der Waals surface area contributed by atoms with Gasteiger partial charge in [-0.1, -0.05) is 82.9 Å². The maximum absolute atomic E-state index is 13.9. The quantitative estimate of drug-likeness (QED) is 0.472. The molecule has 0 aromatic heterocycles. The fourth-order valence-electron chi connectivity index (χ4n) is 5.49. The molecule has 1 atom stereocenters. The molecule has 0 saturated heterocycles. The number of nitrogens with zero attached hydrogens (tertiary/aromatic N) is 1. The first-order chi connectivity index (χ1) is 14.6. The third-order valence-corrected chi connectivity index (χ3v) is 7.90. The molecule has 0 bridgehead atoms. The Balaban J connectivity index is 2.13. The number of benzene rings is 1. The highest BCUT2D eigenvalue weighted by Gasteiger charge is 2.45. The lowest BCUT2D eigenvalue weighted by atomic mass is 9.59. The summed E-state index contributed by atoms with van der Waals surface area (Å²) in [6, 6.07) is 8.85. The van der Waals surface area contributed by atoms with E-state index < -0.39 is 0 Å². The molecule has 0 N–H and O–H groups in total. The van der Waals surface area contributed by atoms with E-state index in [1.165, 1.54) is 36.8 Å². The Morgan fingerprint density at radius 3 is 2.29 bits per heavy atom. The molecule has 164 valence electrons. The second-order valence-electron chi connectivity index (χ2n) is 10.2. The van der Waals surface area contributed by atoms with E-state index in [2.05, 4.69) is 72.7 Å². The van der Waals surface area contributed by atoms with Crippen molar-refractivity contribution in [3.05, 3.63) is 69.3 Å². The standard InChI is InChI=1S/C29H37NO/c1-8-10-22(11-9-2)23-12-13-24-25(17-23)28(5,6)20(4)26(27(24)31)29(7)15-14-21(18-30)16-19(29)3/h12-14,16-17,22H,8-11,15H2,1-7H3. The van der Waals surface area contributed by atoms with Crippen LogP contribution in [0, 0.1) is 16.7 Å². The monoisotopic (exact) mass is 415 g/mol. The summed E-state index contributed by atoms with van der Waals surface area (Å²) in [5.41, 5.74) is 6.68. The predicted molar refractivity (Wildman–Crippen MR) is 129 cm³/mol. The van der Waals surface area contributed by atoms with E-state index in [9.17, 15) is 10.1 Å². The smallest absolute Gasteiger partial charge is 0.190 e. The summed E-state index contributed by atoms with van der Waals surface area (Å²) in [5, 5.41) is 9.31. The van der Waals surface area contributed by atoms with Crippen molar-refractivity contribution in [2.45, 2.75) is 91.9 Å². The van der Waals surface area contributed by atoms with Gasteiger partial charge in [0.25, 0.3) is 0 Å². The number of carbonyl (C=O) groups excluding carboxylic acids is 1. The zero-order valence-corrected chi connectivity index (χ0v) is 20.4. The van der Waals surface area contributed by atoms with Crippen LogP contribution in [-0.4, -0.2) is 5.78 Å². The number of ketones is 1. The van der Waals surface area contributed by atoms with Crippen LogP contribution in [0.15, 0.2) is 52.6 Å². The second-order valence-corrected chi connectivity index (χ2v) is 10.2. The lowest BCUT2D eigenvalue weighted by Gasteiger charge is -2.43. The van der Waals surface area contributed by atoms with Gasteiger partial charge in [-0.25, -0.2) is 0 Å². The molecule has 0 amide bonds. The van der Waals surface area contributed by atoms with Gasteiger partial charge in [0, 0.05) is 27.5 Å². The molecule has 1 aromatic carbocycles. The van der Waals surface area contributed by atoms with Crippen molar-refractivity contribution in [1.29, 1.82) is 5.26 Å². The number of rotatable bonds is 6. The third-order valence-electron chi connectivity index (χ3n) is 7.90. The summed E-state index contributed by atoms with van der Waals surface area (Å²) in [7, 11) is 0. The topological polar surface area (TPSA) is 40.9 Å². The number of allylic oxidation sites excluding steroid dienone is 6. The molecule has 2 nitrogen and oxygen atoms in total. The Hall–Kier alpha value is -2.40. The van der Waals surface area contributed by atoms with E-state index in [0.29, 0.717) is 17.9 Å². The van der Waals surface area contributed by atoms with Gasteiger partial charge in [0.1, 0.15) is 0 Å². The first-order valence-electron chi connectivity index (χ1n) is 11.8. The maximum Gasteiger partial charge on any atom is 0.190 e. The molecular weight excluding hydrogens is 378 g/mol. The SMILES string of the molecule is CCCC(CCC)c1ccc2c(c1)C(C)(C)C(C)=C(C1(C)CC=C(C#N)C=C1C)C2=O. The lowest BCUT2D eigenvalue weighted by molar-refractivity contribution is 0.0999. The van der Waals surface area contributed by atoms with Gasteiger partial charge in [0.15, 0.2) is 5.78 Å². The van der Waals surface area contributed by atoms with Crippen molar-refractivity contribution < 1.29 is 4.79 Å². The van der Waals surface area contributed by atoms with E-state index in [1.807, 2.05) is 12.2 Å². The second kappa shape index (κ2) is 8.62. The Kier molecular flexibility index (Phi) is 6.47. The van der Waals surface area contributed by atoms with E-state index in [-0.39, 0.29) is 16.6 Å². The van der Waals surface area contributed by atoms with Crippen LogP contribution in [0.5, 0.6) is 0 Å². The largest absolute Gasteiger partial charge is 0.289 e. The Labute approximate surface area is 188 Å². The zero-order valence-electron chi connectivity index (χ0n) is 20.4. The van der Waals surface area contributed by atoms with Crippen LogP contribution in [0.25, 0.3) is 0 Å². The van der Waals surface area contributed by atoms with Crippen molar-refractivity contribution >= 4 is 5.78 Å². The summed E-state index contributed by atoms with van der Waals surface area (Å²) in [6.45, 7) is 15.4. The van der Waals surface area contributed by atoms with Gasteiger partial charge in [0.05, 0.1) is 6.07 Å². The van der Waals surface area contributed by atoms with Crippen LogP contribution in [0.3, 0.4) is 0 Å². The van der Waals surface area contributed by atoms with Crippen molar-refractivity contribution in [3.63, 3.8) is 0 Å². The maximum atomic E-state index is 13.9. The molecule has 0 spiro atoms. The molecule has 31 heavy (non-hydrogen) atoms. The highest BCUT2D eigenvalue weighted by atomic mass is 16.1. The van der Waals surface area contributed by atoms with E-state index in [0.717, 1.165) is 22.3 Å². The molecule has 2 aliphatic rings. The highest BCUT2D eigenvalue weighted by molar-refractivity contribution is 6.13. The first-order valence-corrected chi connectivity index (χ1v) is 11.8. The Bertz CT molecular complexity index is 1020. The normalized spacial score (nSPS) is 22.7. The minimum atomic E-state index is -0.373. The molecule has 0 heterocycles. The lowest BCUT2D eigenvalue weighted by Crippen LogP contribution is -2.37. The fraction of sp³-hybridized carbons (Fsp3) is 0.517. The van der Waals surface area contributed by atoms with E-state index in [1.54, 1.807) is 0 Å². The number of carbonyl (C=O) groups is 1. The summed E-state index contributed by atoms with van der Waals surface area (Å²) in [4.78, 5) is 13.9. The Morgan fingerprint density at radius 1 is 1.10 bits per heavy atom. The molecule has 0 fully saturated rings. The van der Waals surface area contributed by atoms with Gasteiger partial charge in [-0.3, -0.25) is 4.79 Å². The molecule has 0 radical (unpaired) electrons. The average molecular weight is 416 g/mol. The van der Waals surface area contributed by atoms with Crippen molar-refractivity contribution in [2.75, 3.05) is 0 Å². The predicted octanol–water partition coefficient (Wildman–Crippen LogP) is 7.97. The summed E-state index contributed by atoms with van der Waals surface area (Å²) >= 11 is 0. The van der Waals surface area contributed by atoms with Crippen LogP contribution in [-0.2, 0) is 5.41 Å². The number of fused-ring (bicyclic) bond motifs is 1. The van der Waals surface area contributed by atoms with Crippen molar-refractivity contribution in [2.24, 2.45) is 5.41 Å². The number of hydrogen-bond donors (Lipinski definition) is 0. The van der Waals surface area contributed by atoms with Crippen LogP contribution < -0.4 is 0 Å². The summed E-state index contributed by atoms with van der Waals surface area (Å²) in [5.74, 6) is 0.720. The van der Waals surface area contributed by atoms with Gasteiger partial charge >= 0.3 is 0 Å². The minimum Gasteiger partial charge on any atom is -0.289 e. The van der Waals surface area contributed by atoms with Gasteiger partial charge < -0.3 is 0 Å². The first kappa shape index (κ1) is 23.3. The number of hydrogen-bond acceptors (Lipinski definition) is 2. The summed E-state index contributed by atoms with van der Waals surface area (Å²) < 4.78 is 0. The zero-order chi connectivity index (χ0) is 23.0. The highest BCUT2D eigenvalue weighted by Crippen LogP contribution is 2.51. The van der Waals surface area contributed by atoms with Gasteiger partial charge in [-0.05, 0) is 56.2 Å². The van der Waals surface area contributed by atoms with Crippen LogP contribution in [0.4, 0.5) is 0 Å². The van der Waals surface area contributed by atoms with E-state index >= 15 is 0 Å². The van der Waals surface area contributed by atoms with Crippen LogP contribution in [0.1, 0.15) is 108 Å². The molecule has 0 saturated carbocycles. The molecule has 0 aliphatic heterocycles. The molecule has 3 rings (SSSR count). The van der Waals surface area contributed by atoms with Crippen molar-refractivity contribution in [1.82, 2.24) is 0 Å². The number of nitriles is 1. The fourth-order valence-corrected chi connectivity index (χ4v) is 5.49. The van der Waals surface area contributed by atoms with Crippen molar-refractivity contribution in [3.8, 4) is 6.07 Å². The molecule has 2 aliphatic carbocycles. The molecule has 2 heteroatoms. The third kappa shape index (κ3) is 3.84. The van der Waals surface area contributed by atoms with E-state index in [4.69, 9.17) is 0 Å². The molecular formula is C29H37NO. The Morgan fingerprint density at radius 2 is 1.74 bits per heavy atom. The average Bonchev–Trinajstić information content (AvgIpc) is 2.74. The molecule has 1 aromatic rings. The van der Waals surface area contributed by atoms with Gasteiger partial charge in [-0.15, -0.1) is 0 Å². The van der Waals surface area contributed by atoms with Crippen LogP contribution >= 0.6 is 0 Å². The summed E-state index contributed by atoms with van der Waals surface area (Å²) in [6.07, 6.45) is 9.35. The minimum absolute atomic E-state index is 0.157. The van der Waals surface area contributed by atoms with Gasteiger partial charge in [-0.2, -0.15) is 5.26 Å². The molecule has 1 unspecified atom stereocenters.